The van der Waals surface area contributed by atoms with Crippen LogP contribution in [0.3, 0.4) is 0 Å². The van der Waals surface area contributed by atoms with E-state index in [1.165, 1.54) is 0 Å². The van der Waals surface area contributed by atoms with Crippen molar-refractivity contribution in [3.05, 3.63) is 33.7 Å². The monoisotopic (exact) mass is 267 g/mol. The molecule has 4 nitrogen and oxygen atoms in total. The highest BCUT2D eigenvalue weighted by atomic mass is 35.5. The number of rotatable bonds is 5. The number of hydrogen-bond donors (Lipinski definition) is 2. The second kappa shape index (κ2) is 5.59. The molecule has 1 atom stereocenters. The van der Waals surface area contributed by atoms with Gasteiger partial charge in [-0.3, -0.25) is 4.57 Å². The number of aromatic amines is 1. The van der Waals surface area contributed by atoms with Gasteiger partial charge in [0.05, 0.1) is 16.1 Å². The van der Waals surface area contributed by atoms with Gasteiger partial charge in [-0.25, -0.2) is 4.79 Å². The number of halogens is 1. The Balaban J connectivity index is 2.54. The van der Waals surface area contributed by atoms with Crippen molar-refractivity contribution in [2.45, 2.75) is 25.8 Å². The molecule has 0 fully saturated rings. The quantitative estimate of drug-likeness (QED) is 0.875. The van der Waals surface area contributed by atoms with Crippen molar-refractivity contribution in [3.63, 3.8) is 0 Å². The highest BCUT2D eigenvalue weighted by Gasteiger charge is 2.16. The summed E-state index contributed by atoms with van der Waals surface area (Å²) >= 11 is 6.22. The Morgan fingerprint density at radius 1 is 1.50 bits per heavy atom. The Bertz CT molecular complexity index is 587. The number of nitrogens with one attached hydrogen (secondary N) is 2. The number of H-pyrrole nitrogens is 1. The molecule has 0 saturated heterocycles. The van der Waals surface area contributed by atoms with E-state index in [0.717, 1.165) is 30.4 Å². The van der Waals surface area contributed by atoms with Crippen LogP contribution in [0.25, 0.3) is 11.0 Å². The van der Waals surface area contributed by atoms with E-state index in [-0.39, 0.29) is 11.7 Å². The highest BCUT2D eigenvalue weighted by Crippen LogP contribution is 2.25. The SMILES string of the molecule is CCC(CCNC)n1c(=O)[nH]c2cccc(Cl)c21. The number of benzene rings is 1. The molecule has 1 aromatic carbocycles. The molecular weight excluding hydrogens is 250 g/mol. The highest BCUT2D eigenvalue weighted by molar-refractivity contribution is 6.34. The van der Waals surface area contributed by atoms with Gasteiger partial charge in [0.1, 0.15) is 0 Å². The number of imidazole rings is 1. The minimum Gasteiger partial charge on any atom is -0.320 e. The number of aromatic nitrogens is 2. The van der Waals surface area contributed by atoms with E-state index in [2.05, 4.69) is 17.2 Å². The summed E-state index contributed by atoms with van der Waals surface area (Å²) in [6.07, 6.45) is 1.81. The fraction of sp³-hybridized carbons (Fsp3) is 0.462. The van der Waals surface area contributed by atoms with Gasteiger partial charge in [-0.05, 0) is 38.6 Å². The van der Waals surface area contributed by atoms with E-state index in [0.29, 0.717) is 5.02 Å². The molecule has 2 N–H and O–H groups in total. The molecule has 1 unspecified atom stereocenters. The van der Waals surface area contributed by atoms with Gasteiger partial charge in [-0.15, -0.1) is 0 Å². The molecule has 0 aliphatic heterocycles. The molecule has 2 aromatic rings. The zero-order chi connectivity index (χ0) is 13.1. The van der Waals surface area contributed by atoms with Gasteiger partial charge in [0.15, 0.2) is 0 Å². The molecule has 18 heavy (non-hydrogen) atoms. The minimum absolute atomic E-state index is 0.0824. The molecular formula is C13H18ClN3O. The lowest BCUT2D eigenvalue weighted by Gasteiger charge is -2.17. The van der Waals surface area contributed by atoms with Crippen molar-refractivity contribution in [2.75, 3.05) is 13.6 Å². The maximum Gasteiger partial charge on any atom is 0.326 e. The van der Waals surface area contributed by atoms with Crippen LogP contribution in [0.2, 0.25) is 5.02 Å². The normalized spacial score (nSPS) is 13.1. The van der Waals surface area contributed by atoms with Crippen LogP contribution in [-0.2, 0) is 0 Å². The van der Waals surface area contributed by atoms with Crippen LogP contribution in [0.4, 0.5) is 0 Å². The summed E-state index contributed by atoms with van der Waals surface area (Å²) < 4.78 is 1.79. The van der Waals surface area contributed by atoms with Crippen molar-refractivity contribution in [1.82, 2.24) is 14.9 Å². The average Bonchev–Trinajstić information content (AvgIpc) is 2.69. The standard InChI is InChI=1S/C13H18ClN3O/c1-3-9(7-8-15-2)17-12-10(14)5-4-6-11(12)16-13(17)18/h4-6,9,15H,3,7-8H2,1-2H3,(H,16,18). The van der Waals surface area contributed by atoms with Crippen LogP contribution in [-0.4, -0.2) is 23.1 Å². The summed E-state index contributed by atoms with van der Waals surface area (Å²) in [6.45, 7) is 2.96. The first-order valence-corrected chi connectivity index (χ1v) is 6.60. The Morgan fingerprint density at radius 2 is 2.28 bits per heavy atom. The smallest absolute Gasteiger partial charge is 0.320 e. The topological polar surface area (TPSA) is 49.8 Å². The van der Waals surface area contributed by atoms with Crippen LogP contribution in [0.1, 0.15) is 25.8 Å². The van der Waals surface area contributed by atoms with Gasteiger partial charge in [-0.1, -0.05) is 24.6 Å². The maximum atomic E-state index is 12.1. The lowest BCUT2D eigenvalue weighted by atomic mass is 10.1. The van der Waals surface area contributed by atoms with Crippen molar-refractivity contribution in [3.8, 4) is 0 Å². The second-order valence-corrected chi connectivity index (χ2v) is 4.80. The molecule has 2 rings (SSSR count). The van der Waals surface area contributed by atoms with E-state index in [4.69, 9.17) is 11.6 Å². The summed E-state index contributed by atoms with van der Waals surface area (Å²) in [5.41, 5.74) is 1.53. The molecule has 0 aliphatic carbocycles. The third-order valence-corrected chi connectivity index (χ3v) is 3.56. The lowest BCUT2D eigenvalue weighted by Crippen LogP contribution is -2.24. The molecule has 0 spiro atoms. The lowest BCUT2D eigenvalue weighted by molar-refractivity contribution is 0.445. The van der Waals surface area contributed by atoms with E-state index in [1.54, 1.807) is 4.57 Å². The van der Waals surface area contributed by atoms with Gasteiger partial charge < -0.3 is 10.3 Å². The third-order valence-electron chi connectivity index (χ3n) is 3.25. The van der Waals surface area contributed by atoms with Gasteiger partial charge in [0, 0.05) is 6.04 Å². The molecule has 98 valence electrons. The van der Waals surface area contributed by atoms with E-state index in [9.17, 15) is 4.79 Å². The average molecular weight is 268 g/mol. The fourth-order valence-corrected chi connectivity index (χ4v) is 2.58. The number of nitrogens with zero attached hydrogens (tertiary/aromatic N) is 1. The Morgan fingerprint density at radius 3 is 2.94 bits per heavy atom. The fourth-order valence-electron chi connectivity index (χ4n) is 2.31. The van der Waals surface area contributed by atoms with E-state index >= 15 is 0 Å². The van der Waals surface area contributed by atoms with Crippen molar-refractivity contribution in [1.29, 1.82) is 0 Å². The molecule has 5 heteroatoms. The predicted molar refractivity (Wildman–Crippen MR) is 75.4 cm³/mol. The number of para-hydroxylation sites is 1. The molecule has 1 aromatic heterocycles. The predicted octanol–water partition coefficient (Wildman–Crippen LogP) is 2.54. The van der Waals surface area contributed by atoms with Crippen LogP contribution in [0.5, 0.6) is 0 Å². The van der Waals surface area contributed by atoms with Crippen molar-refractivity contribution in [2.24, 2.45) is 0 Å². The van der Waals surface area contributed by atoms with E-state index in [1.807, 2.05) is 25.2 Å². The Labute approximate surface area is 111 Å². The first-order valence-electron chi connectivity index (χ1n) is 6.22. The number of fused-ring (bicyclic) bond motifs is 1. The summed E-state index contributed by atoms with van der Waals surface area (Å²) in [7, 11) is 1.91. The second-order valence-electron chi connectivity index (χ2n) is 4.39. The molecule has 1 heterocycles. The summed E-state index contributed by atoms with van der Waals surface area (Å²) in [5.74, 6) is 0. The molecule has 0 radical (unpaired) electrons. The van der Waals surface area contributed by atoms with Crippen LogP contribution in [0, 0.1) is 0 Å². The third kappa shape index (κ3) is 2.31. The maximum absolute atomic E-state index is 12.1. The van der Waals surface area contributed by atoms with Gasteiger partial charge in [0.2, 0.25) is 0 Å². The zero-order valence-corrected chi connectivity index (χ0v) is 11.4. The number of hydrogen-bond acceptors (Lipinski definition) is 2. The van der Waals surface area contributed by atoms with Crippen molar-refractivity contribution >= 4 is 22.6 Å². The van der Waals surface area contributed by atoms with E-state index < -0.39 is 0 Å². The molecule has 0 saturated carbocycles. The minimum atomic E-state index is -0.0824. The molecule has 0 amide bonds. The Kier molecular flexibility index (Phi) is 4.09. The first kappa shape index (κ1) is 13.2. The summed E-state index contributed by atoms with van der Waals surface area (Å²) in [4.78, 5) is 14.9. The van der Waals surface area contributed by atoms with Gasteiger partial charge >= 0.3 is 5.69 Å². The Hall–Kier alpha value is -1.26. The summed E-state index contributed by atoms with van der Waals surface area (Å²) in [6, 6.07) is 5.71. The molecule has 0 aliphatic rings. The van der Waals surface area contributed by atoms with Crippen molar-refractivity contribution < 1.29 is 0 Å². The largest absolute Gasteiger partial charge is 0.326 e. The summed E-state index contributed by atoms with van der Waals surface area (Å²) in [5, 5.41) is 3.74. The van der Waals surface area contributed by atoms with Gasteiger partial charge in [-0.2, -0.15) is 0 Å². The molecule has 0 bridgehead atoms. The van der Waals surface area contributed by atoms with Crippen LogP contribution < -0.4 is 11.0 Å². The van der Waals surface area contributed by atoms with Crippen LogP contribution in [0.15, 0.2) is 23.0 Å². The zero-order valence-electron chi connectivity index (χ0n) is 10.7. The first-order chi connectivity index (χ1) is 8.69. The van der Waals surface area contributed by atoms with Gasteiger partial charge in [0.25, 0.3) is 0 Å². The van der Waals surface area contributed by atoms with Crippen LogP contribution >= 0.6 is 11.6 Å².